The van der Waals surface area contributed by atoms with Crippen molar-refractivity contribution in [1.29, 1.82) is 5.41 Å². The molecule has 0 amide bonds. The molecule has 1 rings (SSSR count). The second-order valence-corrected chi connectivity index (χ2v) is 2.25. The van der Waals surface area contributed by atoms with E-state index in [0.717, 1.165) is 0 Å². The van der Waals surface area contributed by atoms with Crippen molar-refractivity contribution in [2.45, 2.75) is 6.04 Å². The highest BCUT2D eigenvalue weighted by Gasteiger charge is 2.15. The standard InChI is InChI=1S/C6H11N3O/c7-1-4-2-10-3-5(8)6(4)9/h1,5,7H,2-3,8-9H2. The maximum absolute atomic E-state index is 6.92. The summed E-state index contributed by atoms with van der Waals surface area (Å²) in [4.78, 5) is 0. The van der Waals surface area contributed by atoms with Gasteiger partial charge in [0, 0.05) is 17.5 Å². The third-order valence-corrected chi connectivity index (χ3v) is 1.50. The van der Waals surface area contributed by atoms with Crippen molar-refractivity contribution in [3.63, 3.8) is 0 Å². The Bertz CT molecular complexity index is 176. The number of hydrogen-bond acceptors (Lipinski definition) is 4. The first-order valence-corrected chi connectivity index (χ1v) is 3.08. The number of hydrogen-bond donors (Lipinski definition) is 3. The fraction of sp³-hybridized carbons (Fsp3) is 0.500. The highest BCUT2D eigenvalue weighted by Crippen LogP contribution is 2.07. The SMILES string of the molecule is N=CC1=C(N)C(N)COC1. The predicted molar refractivity (Wildman–Crippen MR) is 38.8 cm³/mol. The zero-order chi connectivity index (χ0) is 7.56. The van der Waals surface area contributed by atoms with Gasteiger partial charge in [-0.1, -0.05) is 0 Å². The van der Waals surface area contributed by atoms with Crippen LogP contribution in [0.25, 0.3) is 0 Å². The highest BCUT2D eigenvalue weighted by molar-refractivity contribution is 5.77. The summed E-state index contributed by atoms with van der Waals surface area (Å²) < 4.78 is 5.04. The maximum atomic E-state index is 6.92. The minimum Gasteiger partial charge on any atom is -0.400 e. The van der Waals surface area contributed by atoms with Crippen LogP contribution < -0.4 is 11.5 Å². The largest absolute Gasteiger partial charge is 0.400 e. The molecule has 0 bridgehead atoms. The molecule has 56 valence electrons. The molecule has 1 aliphatic rings. The lowest BCUT2D eigenvalue weighted by Gasteiger charge is -2.20. The zero-order valence-electron chi connectivity index (χ0n) is 5.63. The Kier molecular flexibility index (Phi) is 2.03. The Morgan fingerprint density at radius 1 is 1.70 bits per heavy atom. The molecule has 0 spiro atoms. The van der Waals surface area contributed by atoms with Gasteiger partial charge in [0.25, 0.3) is 0 Å². The molecule has 4 nitrogen and oxygen atoms in total. The molecule has 1 aliphatic heterocycles. The van der Waals surface area contributed by atoms with E-state index in [4.69, 9.17) is 21.6 Å². The first-order valence-electron chi connectivity index (χ1n) is 3.08. The molecule has 0 aromatic rings. The smallest absolute Gasteiger partial charge is 0.0750 e. The molecule has 0 saturated heterocycles. The van der Waals surface area contributed by atoms with Gasteiger partial charge in [0.1, 0.15) is 0 Å². The van der Waals surface area contributed by atoms with E-state index in [-0.39, 0.29) is 6.04 Å². The van der Waals surface area contributed by atoms with E-state index in [0.29, 0.717) is 24.5 Å². The summed E-state index contributed by atoms with van der Waals surface area (Å²) in [6.45, 7) is 0.881. The van der Waals surface area contributed by atoms with Gasteiger partial charge in [0.2, 0.25) is 0 Å². The first kappa shape index (κ1) is 7.24. The summed E-state index contributed by atoms with van der Waals surface area (Å²) in [5.74, 6) is 0. The molecule has 1 heterocycles. The Morgan fingerprint density at radius 2 is 2.40 bits per heavy atom. The lowest BCUT2D eigenvalue weighted by atomic mass is 10.1. The molecule has 5 N–H and O–H groups in total. The molecule has 0 aliphatic carbocycles. The van der Waals surface area contributed by atoms with E-state index < -0.39 is 0 Å². The fourth-order valence-corrected chi connectivity index (χ4v) is 0.832. The number of rotatable bonds is 1. The van der Waals surface area contributed by atoms with Crippen LogP contribution in [0.1, 0.15) is 0 Å². The lowest BCUT2D eigenvalue weighted by Crippen LogP contribution is -2.38. The molecular formula is C6H11N3O. The summed E-state index contributed by atoms with van der Waals surface area (Å²) in [6, 6.07) is -0.231. The lowest BCUT2D eigenvalue weighted by molar-refractivity contribution is 0.138. The van der Waals surface area contributed by atoms with E-state index in [2.05, 4.69) is 0 Å². The van der Waals surface area contributed by atoms with Gasteiger partial charge in [-0.15, -0.1) is 0 Å². The van der Waals surface area contributed by atoms with Crippen molar-refractivity contribution < 1.29 is 4.74 Å². The van der Waals surface area contributed by atoms with Gasteiger partial charge in [-0.05, 0) is 0 Å². The van der Waals surface area contributed by atoms with Gasteiger partial charge in [-0.25, -0.2) is 0 Å². The molecule has 1 unspecified atom stereocenters. The minimum absolute atomic E-state index is 0.231. The zero-order valence-corrected chi connectivity index (χ0v) is 5.63. The molecule has 4 heteroatoms. The summed E-state index contributed by atoms with van der Waals surface area (Å²) in [7, 11) is 0. The van der Waals surface area contributed by atoms with Crippen LogP contribution in [0.5, 0.6) is 0 Å². The van der Waals surface area contributed by atoms with Gasteiger partial charge < -0.3 is 21.6 Å². The van der Waals surface area contributed by atoms with Crippen LogP contribution in [0.15, 0.2) is 11.3 Å². The van der Waals surface area contributed by atoms with E-state index in [1.54, 1.807) is 0 Å². The Labute approximate surface area is 59.3 Å². The molecule has 0 aromatic heterocycles. The summed E-state index contributed by atoms with van der Waals surface area (Å²) in [5.41, 5.74) is 12.4. The molecule has 1 atom stereocenters. The van der Waals surface area contributed by atoms with E-state index in [9.17, 15) is 0 Å². The normalized spacial score (nSPS) is 26.7. The van der Waals surface area contributed by atoms with Gasteiger partial charge in [0.05, 0.1) is 19.3 Å². The van der Waals surface area contributed by atoms with Gasteiger partial charge >= 0.3 is 0 Å². The minimum atomic E-state index is -0.231. The molecule has 10 heavy (non-hydrogen) atoms. The van der Waals surface area contributed by atoms with Crippen LogP contribution in [0, 0.1) is 5.41 Å². The topological polar surface area (TPSA) is 85.1 Å². The second kappa shape index (κ2) is 2.81. The molecule has 0 aromatic carbocycles. The van der Waals surface area contributed by atoms with Crippen molar-refractivity contribution in [3.05, 3.63) is 11.3 Å². The van der Waals surface area contributed by atoms with Crippen LogP contribution in [0.4, 0.5) is 0 Å². The Hall–Kier alpha value is -0.870. The summed E-state index contributed by atoms with van der Waals surface area (Å²) in [5, 5.41) is 6.92. The monoisotopic (exact) mass is 141 g/mol. The van der Waals surface area contributed by atoms with Crippen molar-refractivity contribution in [1.82, 2.24) is 0 Å². The maximum Gasteiger partial charge on any atom is 0.0750 e. The quantitative estimate of drug-likeness (QED) is 0.418. The number of nitrogens with one attached hydrogen (secondary N) is 1. The second-order valence-electron chi connectivity index (χ2n) is 2.25. The average molecular weight is 141 g/mol. The first-order chi connectivity index (χ1) is 4.75. The Balaban J connectivity index is 2.81. The molecular weight excluding hydrogens is 130 g/mol. The highest BCUT2D eigenvalue weighted by atomic mass is 16.5. The number of ether oxygens (including phenoxy) is 1. The molecule has 0 fully saturated rings. The van der Waals surface area contributed by atoms with Gasteiger partial charge in [-0.2, -0.15) is 0 Å². The van der Waals surface area contributed by atoms with Crippen molar-refractivity contribution in [2.75, 3.05) is 13.2 Å². The van der Waals surface area contributed by atoms with Crippen molar-refractivity contribution in [3.8, 4) is 0 Å². The fourth-order valence-electron chi connectivity index (χ4n) is 0.832. The van der Waals surface area contributed by atoms with Crippen LogP contribution in [0.3, 0.4) is 0 Å². The molecule has 0 radical (unpaired) electrons. The van der Waals surface area contributed by atoms with Gasteiger partial charge in [-0.3, -0.25) is 0 Å². The van der Waals surface area contributed by atoms with E-state index in [1.807, 2.05) is 0 Å². The average Bonchev–Trinajstić information content (AvgIpc) is 1.95. The van der Waals surface area contributed by atoms with Crippen molar-refractivity contribution in [2.24, 2.45) is 11.5 Å². The molecule has 0 saturated carbocycles. The third kappa shape index (κ3) is 1.17. The predicted octanol–water partition coefficient (Wildman–Crippen LogP) is -0.794. The van der Waals surface area contributed by atoms with Gasteiger partial charge in [0.15, 0.2) is 0 Å². The third-order valence-electron chi connectivity index (χ3n) is 1.50. The Morgan fingerprint density at radius 3 is 2.90 bits per heavy atom. The van der Waals surface area contributed by atoms with Crippen LogP contribution >= 0.6 is 0 Å². The van der Waals surface area contributed by atoms with Crippen LogP contribution in [0.2, 0.25) is 0 Å². The van der Waals surface area contributed by atoms with E-state index >= 15 is 0 Å². The summed E-state index contributed by atoms with van der Waals surface area (Å²) in [6.07, 6.45) is 1.19. The van der Waals surface area contributed by atoms with Crippen LogP contribution in [-0.2, 0) is 4.74 Å². The number of nitrogens with two attached hydrogens (primary N) is 2. The van der Waals surface area contributed by atoms with E-state index in [1.165, 1.54) is 6.21 Å². The summed E-state index contributed by atoms with van der Waals surface area (Å²) >= 11 is 0. The van der Waals surface area contributed by atoms with Crippen molar-refractivity contribution >= 4 is 6.21 Å². The van der Waals surface area contributed by atoms with Crippen LogP contribution in [-0.4, -0.2) is 25.5 Å².